The Morgan fingerprint density at radius 3 is 2.60 bits per heavy atom. The molecule has 0 spiro atoms. The Morgan fingerprint density at radius 1 is 1.16 bits per heavy atom. The molecule has 1 amide bonds. The highest BCUT2D eigenvalue weighted by atomic mass is 35.5. The topological polar surface area (TPSA) is 50.4 Å². The van der Waals surface area contributed by atoms with Gasteiger partial charge in [-0.05, 0) is 42.6 Å². The lowest BCUT2D eigenvalue weighted by Gasteiger charge is -2.19. The van der Waals surface area contributed by atoms with Crippen LogP contribution in [0.25, 0.3) is 0 Å². The van der Waals surface area contributed by atoms with Crippen LogP contribution in [0.3, 0.4) is 0 Å². The summed E-state index contributed by atoms with van der Waals surface area (Å²) in [5.41, 5.74) is 3.22. The van der Waals surface area contributed by atoms with Crippen molar-refractivity contribution in [3.8, 4) is 0 Å². The molecule has 0 heterocycles. The van der Waals surface area contributed by atoms with E-state index in [0.717, 1.165) is 29.1 Å². The monoisotopic (exact) mass is 360 g/mol. The molecule has 0 saturated heterocycles. The zero-order chi connectivity index (χ0) is 18.1. The van der Waals surface area contributed by atoms with Crippen LogP contribution < -0.4 is 10.6 Å². The Morgan fingerprint density at radius 2 is 1.92 bits per heavy atom. The molecule has 1 unspecified atom stereocenters. The summed E-state index contributed by atoms with van der Waals surface area (Å²) in [5, 5.41) is 7.00. The molecule has 0 aliphatic rings. The third kappa shape index (κ3) is 6.77. The number of hydrogen-bond acceptors (Lipinski definition) is 3. The molecule has 2 aromatic carbocycles. The van der Waals surface area contributed by atoms with Crippen LogP contribution in [0.4, 0.5) is 4.79 Å². The van der Waals surface area contributed by atoms with E-state index in [1.54, 1.807) is 0 Å². The number of aryl methyl sites for hydroxylation is 1. The zero-order valence-corrected chi connectivity index (χ0v) is 15.5. The summed E-state index contributed by atoms with van der Waals surface area (Å²) in [4.78, 5) is 11.9. The predicted octanol–water partition coefficient (Wildman–Crippen LogP) is 4.10. The summed E-state index contributed by atoms with van der Waals surface area (Å²) in [6.07, 6.45) is 0.407. The van der Waals surface area contributed by atoms with E-state index in [1.807, 2.05) is 56.3 Å². The van der Waals surface area contributed by atoms with Crippen molar-refractivity contribution in [2.75, 3.05) is 13.1 Å². The van der Waals surface area contributed by atoms with Crippen molar-refractivity contribution >= 4 is 17.7 Å². The quantitative estimate of drug-likeness (QED) is 0.745. The van der Waals surface area contributed by atoms with Gasteiger partial charge in [-0.25, -0.2) is 4.79 Å². The summed E-state index contributed by atoms with van der Waals surface area (Å²) < 4.78 is 5.25. The number of amides is 1. The predicted molar refractivity (Wildman–Crippen MR) is 102 cm³/mol. The molecule has 0 saturated carbocycles. The maximum Gasteiger partial charge on any atom is 0.407 e. The molecule has 0 aromatic heterocycles. The maximum atomic E-state index is 11.9. The smallest absolute Gasteiger partial charge is 0.407 e. The Bertz CT molecular complexity index is 677. The van der Waals surface area contributed by atoms with Crippen molar-refractivity contribution < 1.29 is 9.53 Å². The Labute approximate surface area is 154 Å². The van der Waals surface area contributed by atoms with Crippen LogP contribution in [0.15, 0.2) is 48.5 Å². The fraction of sp³-hybridized carbons (Fsp3) is 0.350. The molecule has 1 atom stereocenters. The number of benzene rings is 2. The van der Waals surface area contributed by atoms with Crippen molar-refractivity contribution in [2.45, 2.75) is 32.9 Å². The number of likely N-dealkylation sites (N-methyl/N-ethyl adjacent to an activating group) is 1. The maximum absolute atomic E-state index is 11.9. The number of nitrogens with one attached hydrogen (secondary N) is 2. The molecular weight excluding hydrogens is 336 g/mol. The third-order valence-electron chi connectivity index (χ3n) is 3.90. The van der Waals surface area contributed by atoms with E-state index in [0.29, 0.717) is 6.54 Å². The number of hydrogen-bond donors (Lipinski definition) is 2. The van der Waals surface area contributed by atoms with E-state index < -0.39 is 6.09 Å². The third-order valence-corrected chi connectivity index (χ3v) is 4.33. The average molecular weight is 361 g/mol. The minimum atomic E-state index is -0.404. The van der Waals surface area contributed by atoms with Gasteiger partial charge in [0.25, 0.3) is 0 Å². The van der Waals surface area contributed by atoms with E-state index >= 15 is 0 Å². The van der Waals surface area contributed by atoms with Crippen molar-refractivity contribution in [1.29, 1.82) is 0 Å². The van der Waals surface area contributed by atoms with Crippen LogP contribution in [0.1, 0.15) is 23.6 Å². The number of rotatable bonds is 8. The molecular formula is C20H25ClN2O2. The van der Waals surface area contributed by atoms with Gasteiger partial charge in [0.05, 0.1) is 0 Å². The molecule has 0 bridgehead atoms. The SMILES string of the molecule is CCNC(CNC(=O)OCc1ccccc1)Cc1ccc(Cl)c(C)c1. The largest absolute Gasteiger partial charge is 0.445 e. The number of alkyl carbamates (subject to hydrolysis) is 1. The fourth-order valence-corrected chi connectivity index (χ4v) is 2.72. The standard InChI is InChI=1S/C20H25ClN2O2/c1-3-22-18(12-17-9-10-19(21)15(2)11-17)13-23-20(24)25-14-16-7-5-4-6-8-16/h4-11,18,22H,3,12-14H2,1-2H3,(H,23,24). The lowest BCUT2D eigenvalue weighted by Crippen LogP contribution is -2.42. The molecule has 0 aliphatic carbocycles. The summed E-state index contributed by atoms with van der Waals surface area (Å²) in [7, 11) is 0. The van der Waals surface area contributed by atoms with Crippen molar-refractivity contribution in [3.05, 3.63) is 70.2 Å². The molecule has 2 rings (SSSR count). The van der Waals surface area contributed by atoms with Gasteiger partial charge in [0, 0.05) is 17.6 Å². The minimum absolute atomic E-state index is 0.134. The second-order valence-electron chi connectivity index (χ2n) is 5.98. The van der Waals surface area contributed by atoms with Crippen molar-refractivity contribution in [3.63, 3.8) is 0 Å². The summed E-state index contributed by atoms with van der Waals surface area (Å²) in [6, 6.07) is 15.8. The number of carbonyl (C=O) groups excluding carboxylic acids is 1. The van der Waals surface area contributed by atoms with Crippen LogP contribution in [0.2, 0.25) is 5.02 Å². The fourth-order valence-electron chi connectivity index (χ4n) is 2.60. The van der Waals surface area contributed by atoms with Gasteiger partial charge in [-0.2, -0.15) is 0 Å². The van der Waals surface area contributed by atoms with Gasteiger partial charge in [0.15, 0.2) is 0 Å². The van der Waals surface area contributed by atoms with E-state index in [-0.39, 0.29) is 12.6 Å². The van der Waals surface area contributed by atoms with Crippen molar-refractivity contribution in [2.24, 2.45) is 0 Å². The molecule has 0 radical (unpaired) electrons. The van der Waals surface area contributed by atoms with Crippen LogP contribution in [0, 0.1) is 6.92 Å². The zero-order valence-electron chi connectivity index (χ0n) is 14.7. The molecule has 2 N–H and O–H groups in total. The molecule has 0 fully saturated rings. The van der Waals surface area contributed by atoms with Crippen LogP contribution >= 0.6 is 11.6 Å². The van der Waals surface area contributed by atoms with Gasteiger partial charge in [-0.1, -0.05) is 61.0 Å². The van der Waals surface area contributed by atoms with E-state index in [9.17, 15) is 4.79 Å². The molecule has 5 heteroatoms. The molecule has 25 heavy (non-hydrogen) atoms. The summed E-state index contributed by atoms with van der Waals surface area (Å²) in [6.45, 7) is 5.65. The van der Waals surface area contributed by atoms with E-state index in [2.05, 4.69) is 16.7 Å². The van der Waals surface area contributed by atoms with Gasteiger partial charge in [-0.15, -0.1) is 0 Å². The molecule has 2 aromatic rings. The molecule has 0 aliphatic heterocycles. The Hall–Kier alpha value is -2.04. The lowest BCUT2D eigenvalue weighted by molar-refractivity contribution is 0.138. The highest BCUT2D eigenvalue weighted by molar-refractivity contribution is 6.31. The molecule has 134 valence electrons. The first-order chi connectivity index (χ1) is 12.1. The summed E-state index contributed by atoms with van der Waals surface area (Å²) in [5.74, 6) is 0. The average Bonchev–Trinajstić information content (AvgIpc) is 2.62. The first-order valence-corrected chi connectivity index (χ1v) is 8.89. The normalized spacial score (nSPS) is 11.8. The second kappa shape index (κ2) is 10.1. The van der Waals surface area contributed by atoms with E-state index in [4.69, 9.17) is 16.3 Å². The first kappa shape index (κ1) is 19.3. The minimum Gasteiger partial charge on any atom is -0.445 e. The first-order valence-electron chi connectivity index (χ1n) is 8.51. The highest BCUT2D eigenvalue weighted by Gasteiger charge is 2.12. The van der Waals surface area contributed by atoms with Gasteiger partial charge in [0.1, 0.15) is 6.61 Å². The van der Waals surface area contributed by atoms with Gasteiger partial charge >= 0.3 is 6.09 Å². The van der Waals surface area contributed by atoms with Gasteiger partial charge < -0.3 is 15.4 Å². The van der Waals surface area contributed by atoms with Gasteiger partial charge in [-0.3, -0.25) is 0 Å². The van der Waals surface area contributed by atoms with Crippen LogP contribution in [0.5, 0.6) is 0 Å². The molecule has 4 nitrogen and oxygen atoms in total. The van der Waals surface area contributed by atoms with Crippen LogP contribution in [-0.2, 0) is 17.8 Å². The number of carbonyl (C=O) groups is 1. The number of halogens is 1. The van der Waals surface area contributed by atoms with Crippen molar-refractivity contribution in [1.82, 2.24) is 10.6 Å². The second-order valence-corrected chi connectivity index (χ2v) is 6.39. The summed E-state index contributed by atoms with van der Waals surface area (Å²) >= 11 is 6.08. The van der Waals surface area contributed by atoms with Crippen LogP contribution in [-0.4, -0.2) is 25.2 Å². The van der Waals surface area contributed by atoms with E-state index in [1.165, 1.54) is 5.56 Å². The highest BCUT2D eigenvalue weighted by Crippen LogP contribution is 2.17. The lowest BCUT2D eigenvalue weighted by atomic mass is 10.0. The van der Waals surface area contributed by atoms with Gasteiger partial charge in [0.2, 0.25) is 0 Å². The Kier molecular flexibility index (Phi) is 7.76. The number of ether oxygens (including phenoxy) is 1. The Balaban J connectivity index is 1.81.